The highest BCUT2D eigenvalue weighted by Crippen LogP contribution is 2.38. The zero-order chi connectivity index (χ0) is 27.9. The Balaban J connectivity index is 1.71. The lowest BCUT2D eigenvalue weighted by atomic mass is 9.76. The minimum atomic E-state index is -0.333. The molecule has 2 nitrogen and oxygen atoms in total. The van der Waals surface area contributed by atoms with E-state index in [0.29, 0.717) is 0 Å². The van der Waals surface area contributed by atoms with Crippen LogP contribution in [0.25, 0.3) is 21.5 Å². The van der Waals surface area contributed by atoms with Crippen LogP contribution in [0.1, 0.15) is 130 Å². The highest BCUT2D eigenvalue weighted by atomic mass is 16.7. The number of fused-ring (bicyclic) bond motifs is 3. The van der Waals surface area contributed by atoms with Gasteiger partial charge in [0.05, 0.1) is 11.2 Å². The smallest absolute Gasteiger partial charge is 0.399 e. The van der Waals surface area contributed by atoms with Crippen molar-refractivity contribution < 1.29 is 9.31 Å². The van der Waals surface area contributed by atoms with Gasteiger partial charge < -0.3 is 9.31 Å². The standard InChI is InChI=1S/C36H53BO2/c1-7-9-11-13-15-17-21-30-29-23-19-20-24-31(29)33-26-25-28(37-38-35(3,4)36(5,6)39-37)27-34(33)32(30)22-18-16-14-12-10-8-2/h19-20,23-27H,7-18,21-22H2,1-6H3. The van der Waals surface area contributed by atoms with Crippen LogP contribution in [0.2, 0.25) is 0 Å². The first-order valence-corrected chi connectivity index (χ1v) is 16.1. The molecule has 0 amide bonds. The molecule has 1 aliphatic rings. The van der Waals surface area contributed by atoms with E-state index in [-0.39, 0.29) is 18.3 Å². The first-order chi connectivity index (χ1) is 18.8. The average Bonchev–Trinajstić information content (AvgIpc) is 3.14. The molecule has 212 valence electrons. The number of rotatable bonds is 15. The van der Waals surface area contributed by atoms with Crippen LogP contribution in [-0.4, -0.2) is 18.3 Å². The van der Waals surface area contributed by atoms with E-state index in [1.54, 1.807) is 11.1 Å². The molecule has 0 aliphatic carbocycles. The third-order valence-corrected chi connectivity index (χ3v) is 9.36. The topological polar surface area (TPSA) is 18.5 Å². The molecule has 39 heavy (non-hydrogen) atoms. The van der Waals surface area contributed by atoms with Gasteiger partial charge in [0.2, 0.25) is 0 Å². The second kappa shape index (κ2) is 13.7. The fraction of sp³-hybridized carbons (Fsp3) is 0.611. The van der Waals surface area contributed by atoms with Gasteiger partial charge in [-0.3, -0.25) is 0 Å². The fourth-order valence-electron chi connectivity index (χ4n) is 6.21. The maximum Gasteiger partial charge on any atom is 0.494 e. The Morgan fingerprint density at radius 2 is 1.00 bits per heavy atom. The van der Waals surface area contributed by atoms with Crippen molar-refractivity contribution >= 4 is 34.1 Å². The van der Waals surface area contributed by atoms with Crippen molar-refractivity contribution in [1.29, 1.82) is 0 Å². The lowest BCUT2D eigenvalue weighted by Gasteiger charge is -2.32. The summed E-state index contributed by atoms with van der Waals surface area (Å²) in [5.41, 5.74) is 3.64. The molecule has 1 saturated heterocycles. The van der Waals surface area contributed by atoms with Gasteiger partial charge in [0, 0.05) is 0 Å². The predicted molar refractivity (Wildman–Crippen MR) is 171 cm³/mol. The summed E-state index contributed by atoms with van der Waals surface area (Å²) in [6.45, 7) is 13.2. The first-order valence-electron chi connectivity index (χ1n) is 16.1. The number of unbranched alkanes of at least 4 members (excludes halogenated alkanes) is 10. The Morgan fingerprint density at radius 1 is 0.538 bits per heavy atom. The van der Waals surface area contributed by atoms with E-state index in [4.69, 9.17) is 9.31 Å². The third kappa shape index (κ3) is 7.09. The van der Waals surface area contributed by atoms with Gasteiger partial charge in [0.25, 0.3) is 0 Å². The molecular weight excluding hydrogens is 475 g/mol. The minimum absolute atomic E-state index is 0.324. The van der Waals surface area contributed by atoms with E-state index in [0.717, 1.165) is 11.9 Å². The van der Waals surface area contributed by atoms with Crippen LogP contribution in [0.3, 0.4) is 0 Å². The Bertz CT molecular complexity index is 1200. The van der Waals surface area contributed by atoms with Gasteiger partial charge in [0.15, 0.2) is 0 Å². The van der Waals surface area contributed by atoms with Crippen LogP contribution in [0.5, 0.6) is 0 Å². The lowest BCUT2D eigenvalue weighted by Crippen LogP contribution is -2.41. The Kier molecular flexibility index (Phi) is 10.6. The van der Waals surface area contributed by atoms with Gasteiger partial charge in [-0.15, -0.1) is 0 Å². The summed E-state index contributed by atoms with van der Waals surface area (Å²) < 4.78 is 13.0. The van der Waals surface area contributed by atoms with Crippen molar-refractivity contribution in [3.63, 3.8) is 0 Å². The summed E-state index contributed by atoms with van der Waals surface area (Å²) in [5.74, 6) is 0. The summed E-state index contributed by atoms with van der Waals surface area (Å²) in [5, 5.41) is 5.64. The molecule has 0 atom stereocenters. The second-order valence-electron chi connectivity index (χ2n) is 12.9. The Labute approximate surface area is 239 Å². The quantitative estimate of drug-likeness (QED) is 0.111. The van der Waals surface area contributed by atoms with Crippen LogP contribution in [0.4, 0.5) is 0 Å². The van der Waals surface area contributed by atoms with Crippen LogP contribution in [0, 0.1) is 0 Å². The summed E-state index contributed by atoms with van der Waals surface area (Å²) >= 11 is 0. The molecule has 0 bridgehead atoms. The largest absolute Gasteiger partial charge is 0.494 e. The van der Waals surface area contributed by atoms with Gasteiger partial charge in [-0.1, -0.05) is 121 Å². The summed E-state index contributed by atoms with van der Waals surface area (Å²) in [7, 11) is -0.324. The Morgan fingerprint density at radius 3 is 1.56 bits per heavy atom. The molecule has 4 rings (SSSR count). The van der Waals surface area contributed by atoms with Crippen molar-refractivity contribution in [2.45, 2.75) is 143 Å². The van der Waals surface area contributed by atoms with E-state index in [1.165, 1.54) is 105 Å². The monoisotopic (exact) mass is 528 g/mol. The molecule has 3 heteroatoms. The number of aryl methyl sites for hydroxylation is 2. The molecule has 3 aromatic rings. The third-order valence-electron chi connectivity index (χ3n) is 9.36. The van der Waals surface area contributed by atoms with E-state index in [9.17, 15) is 0 Å². The molecule has 0 radical (unpaired) electrons. The number of benzene rings is 3. The van der Waals surface area contributed by atoms with E-state index >= 15 is 0 Å². The molecule has 3 aromatic carbocycles. The zero-order valence-corrected chi connectivity index (χ0v) is 25.8. The molecular formula is C36H53BO2. The highest BCUT2D eigenvalue weighted by Gasteiger charge is 2.51. The summed E-state index contributed by atoms with van der Waals surface area (Å²) in [6.07, 6.45) is 18.3. The van der Waals surface area contributed by atoms with Gasteiger partial charge >= 0.3 is 7.12 Å². The van der Waals surface area contributed by atoms with Gasteiger partial charge in [0.1, 0.15) is 0 Å². The van der Waals surface area contributed by atoms with Gasteiger partial charge in [-0.05, 0) is 91.5 Å². The first kappa shape index (κ1) is 30.1. The van der Waals surface area contributed by atoms with Crippen molar-refractivity contribution in [2.24, 2.45) is 0 Å². The van der Waals surface area contributed by atoms with E-state index < -0.39 is 0 Å². The zero-order valence-electron chi connectivity index (χ0n) is 25.8. The molecule has 1 heterocycles. The molecule has 0 saturated carbocycles. The molecule has 0 aromatic heterocycles. The van der Waals surface area contributed by atoms with Crippen molar-refractivity contribution in [3.05, 3.63) is 53.6 Å². The molecule has 1 fully saturated rings. The molecule has 0 spiro atoms. The fourth-order valence-corrected chi connectivity index (χ4v) is 6.21. The second-order valence-corrected chi connectivity index (χ2v) is 12.9. The normalized spacial score (nSPS) is 16.5. The number of hydrogen-bond donors (Lipinski definition) is 0. The van der Waals surface area contributed by atoms with Crippen LogP contribution in [0.15, 0.2) is 42.5 Å². The van der Waals surface area contributed by atoms with Crippen molar-refractivity contribution in [1.82, 2.24) is 0 Å². The van der Waals surface area contributed by atoms with Crippen LogP contribution in [-0.2, 0) is 22.2 Å². The van der Waals surface area contributed by atoms with Gasteiger partial charge in [-0.2, -0.15) is 0 Å². The summed E-state index contributed by atoms with van der Waals surface area (Å²) in [6, 6.07) is 16.1. The minimum Gasteiger partial charge on any atom is -0.399 e. The maximum absolute atomic E-state index is 6.48. The summed E-state index contributed by atoms with van der Waals surface area (Å²) in [4.78, 5) is 0. The van der Waals surface area contributed by atoms with E-state index in [2.05, 4.69) is 84.0 Å². The van der Waals surface area contributed by atoms with E-state index in [1.807, 2.05) is 0 Å². The van der Waals surface area contributed by atoms with Gasteiger partial charge in [-0.25, -0.2) is 0 Å². The van der Waals surface area contributed by atoms with Crippen LogP contribution >= 0.6 is 0 Å². The molecule has 0 unspecified atom stereocenters. The SMILES string of the molecule is CCCCCCCCc1c(CCCCCCCC)c2cc(B3OC(C)(C)C(C)(C)O3)ccc2c2ccccc12. The number of hydrogen-bond acceptors (Lipinski definition) is 2. The highest BCUT2D eigenvalue weighted by molar-refractivity contribution is 6.62. The van der Waals surface area contributed by atoms with Crippen LogP contribution < -0.4 is 5.46 Å². The Hall–Kier alpha value is -1.84. The average molecular weight is 529 g/mol. The molecule has 0 N–H and O–H groups in total. The van der Waals surface area contributed by atoms with Crippen molar-refractivity contribution in [2.75, 3.05) is 0 Å². The van der Waals surface area contributed by atoms with Crippen molar-refractivity contribution in [3.8, 4) is 0 Å². The lowest BCUT2D eigenvalue weighted by molar-refractivity contribution is 0.00578. The molecule has 1 aliphatic heterocycles. The predicted octanol–water partition coefficient (Wildman–Crippen LogP) is 10.1. The maximum atomic E-state index is 6.48.